The van der Waals surface area contributed by atoms with Crippen molar-refractivity contribution in [3.63, 3.8) is 0 Å². The molecule has 2 fully saturated rings. The van der Waals surface area contributed by atoms with Gasteiger partial charge in [0.2, 0.25) is 5.91 Å². The molecule has 1 N–H and O–H groups in total. The molecular weight excluding hydrogens is 212 g/mol. The number of hydrogen-bond donors (Lipinski definition) is 1. The van der Waals surface area contributed by atoms with Crippen LogP contribution >= 0.6 is 0 Å². The van der Waals surface area contributed by atoms with Gasteiger partial charge in [0.25, 0.3) is 0 Å². The number of likely N-dealkylation sites (N-methyl/N-ethyl adjacent to an activating group) is 1. The fourth-order valence-electron chi connectivity index (χ4n) is 3.32. The lowest BCUT2D eigenvalue weighted by Gasteiger charge is -2.39. The first-order chi connectivity index (χ1) is 7.96. The number of likely N-dealkylation sites (tertiary alicyclic amines) is 1. The van der Waals surface area contributed by atoms with Crippen LogP contribution in [-0.4, -0.2) is 36.5 Å². The van der Waals surface area contributed by atoms with E-state index in [2.05, 4.69) is 19.2 Å². The zero-order chi connectivity index (χ0) is 12.5. The first-order valence-corrected chi connectivity index (χ1v) is 6.96. The molecule has 1 saturated heterocycles. The molecule has 2 aliphatic rings. The van der Waals surface area contributed by atoms with Crippen LogP contribution in [0.3, 0.4) is 0 Å². The van der Waals surface area contributed by atoms with E-state index in [1.807, 2.05) is 11.9 Å². The third-order valence-corrected chi connectivity index (χ3v) is 4.30. The standard InChI is InChI=1S/C14H26N2O/c1-14(2)8-4-5-11(9-14)15-12-6-7-13(17)16(3)10-12/h11-12,15H,4-10H2,1-3H3. The maximum Gasteiger partial charge on any atom is 0.222 e. The summed E-state index contributed by atoms with van der Waals surface area (Å²) in [6, 6.07) is 1.17. The van der Waals surface area contributed by atoms with Gasteiger partial charge in [0, 0.05) is 32.1 Å². The quantitative estimate of drug-likeness (QED) is 0.799. The summed E-state index contributed by atoms with van der Waals surface area (Å²) < 4.78 is 0. The van der Waals surface area contributed by atoms with E-state index in [1.54, 1.807) is 0 Å². The Morgan fingerprint density at radius 3 is 2.71 bits per heavy atom. The molecule has 1 heterocycles. The first-order valence-electron chi connectivity index (χ1n) is 6.96. The third-order valence-electron chi connectivity index (χ3n) is 4.30. The largest absolute Gasteiger partial charge is 0.344 e. The van der Waals surface area contributed by atoms with Crippen LogP contribution < -0.4 is 5.32 Å². The Morgan fingerprint density at radius 2 is 2.06 bits per heavy atom. The fraction of sp³-hybridized carbons (Fsp3) is 0.929. The normalized spacial score (nSPS) is 33.8. The fourth-order valence-corrected chi connectivity index (χ4v) is 3.32. The van der Waals surface area contributed by atoms with Crippen molar-refractivity contribution in [1.29, 1.82) is 0 Å². The molecule has 2 rings (SSSR count). The Balaban J connectivity index is 1.83. The van der Waals surface area contributed by atoms with E-state index in [4.69, 9.17) is 0 Å². The van der Waals surface area contributed by atoms with Crippen LogP contribution in [-0.2, 0) is 4.79 Å². The lowest BCUT2D eigenvalue weighted by Crippen LogP contribution is -2.51. The molecule has 0 spiro atoms. The second-order valence-electron chi connectivity index (χ2n) is 6.63. The van der Waals surface area contributed by atoms with Gasteiger partial charge in [-0.2, -0.15) is 0 Å². The summed E-state index contributed by atoms with van der Waals surface area (Å²) in [6.07, 6.45) is 7.00. The molecule has 0 bridgehead atoms. The summed E-state index contributed by atoms with van der Waals surface area (Å²) in [6.45, 7) is 5.63. The van der Waals surface area contributed by atoms with Crippen LogP contribution in [0, 0.1) is 5.41 Å². The topological polar surface area (TPSA) is 32.3 Å². The molecule has 0 aromatic heterocycles. The molecule has 2 unspecified atom stereocenters. The second kappa shape index (κ2) is 4.97. The monoisotopic (exact) mass is 238 g/mol. The number of amides is 1. The van der Waals surface area contributed by atoms with Crippen LogP contribution in [0.1, 0.15) is 52.4 Å². The number of rotatable bonds is 2. The maximum atomic E-state index is 11.4. The summed E-state index contributed by atoms with van der Waals surface area (Å²) >= 11 is 0. The Kier molecular flexibility index (Phi) is 3.76. The molecule has 17 heavy (non-hydrogen) atoms. The van der Waals surface area contributed by atoms with E-state index in [-0.39, 0.29) is 0 Å². The minimum Gasteiger partial charge on any atom is -0.344 e. The maximum absolute atomic E-state index is 11.4. The molecule has 3 heteroatoms. The minimum absolute atomic E-state index is 0.298. The lowest BCUT2D eigenvalue weighted by atomic mass is 9.75. The minimum atomic E-state index is 0.298. The first kappa shape index (κ1) is 12.9. The predicted octanol–water partition coefficient (Wildman–Crippen LogP) is 2.17. The number of carbonyl (C=O) groups is 1. The van der Waals surface area contributed by atoms with Gasteiger partial charge in [-0.15, -0.1) is 0 Å². The molecule has 2 atom stereocenters. The van der Waals surface area contributed by atoms with E-state index in [0.29, 0.717) is 29.8 Å². The van der Waals surface area contributed by atoms with Gasteiger partial charge in [-0.05, 0) is 31.1 Å². The smallest absolute Gasteiger partial charge is 0.222 e. The van der Waals surface area contributed by atoms with Gasteiger partial charge < -0.3 is 10.2 Å². The summed E-state index contributed by atoms with van der Waals surface area (Å²) in [5, 5.41) is 3.77. The zero-order valence-electron chi connectivity index (χ0n) is 11.5. The van der Waals surface area contributed by atoms with Crippen molar-refractivity contribution >= 4 is 5.91 Å². The molecule has 1 amide bonds. The van der Waals surface area contributed by atoms with Crippen LogP contribution in [0.25, 0.3) is 0 Å². The molecule has 0 aromatic rings. The molecule has 1 aliphatic carbocycles. The third kappa shape index (κ3) is 3.44. The van der Waals surface area contributed by atoms with Crippen molar-refractivity contribution in [2.75, 3.05) is 13.6 Å². The zero-order valence-corrected chi connectivity index (χ0v) is 11.5. The molecule has 0 aromatic carbocycles. The van der Waals surface area contributed by atoms with Gasteiger partial charge in [0.05, 0.1) is 0 Å². The molecule has 1 aliphatic heterocycles. The molecule has 3 nitrogen and oxygen atoms in total. The number of hydrogen-bond acceptors (Lipinski definition) is 2. The Hall–Kier alpha value is -0.570. The molecule has 1 saturated carbocycles. The van der Waals surface area contributed by atoms with Gasteiger partial charge in [-0.3, -0.25) is 4.79 Å². The molecule has 98 valence electrons. The summed E-state index contributed by atoms with van der Waals surface area (Å²) in [7, 11) is 1.92. The Labute approximate surface area is 105 Å². The summed E-state index contributed by atoms with van der Waals surface area (Å²) in [5.41, 5.74) is 0.492. The van der Waals surface area contributed by atoms with E-state index in [9.17, 15) is 4.79 Å². The van der Waals surface area contributed by atoms with Crippen molar-refractivity contribution in [3.8, 4) is 0 Å². The van der Waals surface area contributed by atoms with E-state index < -0.39 is 0 Å². The van der Waals surface area contributed by atoms with Crippen LogP contribution in [0.15, 0.2) is 0 Å². The van der Waals surface area contributed by atoms with Crippen molar-refractivity contribution < 1.29 is 4.79 Å². The molecule has 0 radical (unpaired) electrons. The number of carbonyl (C=O) groups excluding carboxylic acids is 1. The Morgan fingerprint density at radius 1 is 1.29 bits per heavy atom. The SMILES string of the molecule is CN1CC(NC2CCCC(C)(C)C2)CCC1=O. The summed E-state index contributed by atoms with van der Waals surface area (Å²) in [5.74, 6) is 0.298. The predicted molar refractivity (Wildman–Crippen MR) is 69.8 cm³/mol. The van der Waals surface area contributed by atoms with Crippen molar-refractivity contribution in [1.82, 2.24) is 10.2 Å². The van der Waals surface area contributed by atoms with E-state index >= 15 is 0 Å². The van der Waals surface area contributed by atoms with Crippen molar-refractivity contribution in [3.05, 3.63) is 0 Å². The van der Waals surface area contributed by atoms with Crippen molar-refractivity contribution in [2.24, 2.45) is 5.41 Å². The van der Waals surface area contributed by atoms with E-state index in [1.165, 1.54) is 25.7 Å². The summed E-state index contributed by atoms with van der Waals surface area (Å²) in [4.78, 5) is 13.3. The highest BCUT2D eigenvalue weighted by atomic mass is 16.2. The average Bonchev–Trinajstić information content (AvgIpc) is 2.22. The van der Waals surface area contributed by atoms with Gasteiger partial charge >= 0.3 is 0 Å². The lowest BCUT2D eigenvalue weighted by molar-refractivity contribution is -0.132. The number of piperidine rings is 1. The Bertz CT molecular complexity index is 288. The van der Waals surface area contributed by atoms with Crippen molar-refractivity contribution in [2.45, 2.75) is 64.5 Å². The van der Waals surface area contributed by atoms with Gasteiger partial charge in [0.1, 0.15) is 0 Å². The van der Waals surface area contributed by atoms with E-state index in [0.717, 1.165) is 13.0 Å². The number of nitrogens with one attached hydrogen (secondary N) is 1. The van der Waals surface area contributed by atoms with Gasteiger partial charge in [-0.1, -0.05) is 20.3 Å². The second-order valence-corrected chi connectivity index (χ2v) is 6.63. The van der Waals surface area contributed by atoms with Gasteiger partial charge in [-0.25, -0.2) is 0 Å². The highest BCUT2D eigenvalue weighted by Crippen LogP contribution is 2.35. The molecular formula is C14H26N2O. The average molecular weight is 238 g/mol. The number of nitrogens with zero attached hydrogens (tertiary/aromatic N) is 1. The highest BCUT2D eigenvalue weighted by molar-refractivity contribution is 5.76. The highest BCUT2D eigenvalue weighted by Gasteiger charge is 2.30. The van der Waals surface area contributed by atoms with Crippen LogP contribution in [0.2, 0.25) is 0 Å². The van der Waals surface area contributed by atoms with Crippen LogP contribution in [0.5, 0.6) is 0 Å². The van der Waals surface area contributed by atoms with Crippen LogP contribution in [0.4, 0.5) is 0 Å². The van der Waals surface area contributed by atoms with Gasteiger partial charge in [0.15, 0.2) is 0 Å².